The Kier molecular flexibility index (Phi) is 2.73. The number of hydrogen-bond donors (Lipinski definition) is 1. The van der Waals surface area contributed by atoms with Crippen LogP contribution in [0.2, 0.25) is 0 Å². The summed E-state index contributed by atoms with van der Waals surface area (Å²) >= 11 is 0. The van der Waals surface area contributed by atoms with E-state index in [-0.39, 0.29) is 17.7 Å². The summed E-state index contributed by atoms with van der Waals surface area (Å²) in [5.41, 5.74) is -1.25. The highest BCUT2D eigenvalue weighted by Gasteiger charge is 2.26. The predicted molar refractivity (Wildman–Crippen MR) is 62.5 cm³/mol. The Balaban J connectivity index is 2.98. The smallest absolute Gasteiger partial charge is 0.390 e. The van der Waals surface area contributed by atoms with Crippen LogP contribution in [-0.2, 0) is 13.6 Å². The zero-order valence-electron chi connectivity index (χ0n) is 9.84. The highest BCUT2D eigenvalue weighted by Crippen LogP contribution is 2.17. The maximum Gasteiger partial charge on any atom is 0.437 e. The fourth-order valence-corrected chi connectivity index (χ4v) is 1.80. The molecule has 2 aromatic rings. The van der Waals surface area contributed by atoms with Crippen molar-refractivity contribution < 1.29 is 4.92 Å². The number of aromatic nitrogens is 4. The summed E-state index contributed by atoms with van der Waals surface area (Å²) in [5.74, 6) is -0.432. The molecular formula is C9H11N5O4. The predicted octanol–water partition coefficient (Wildman–Crippen LogP) is -0.259. The first-order valence-corrected chi connectivity index (χ1v) is 5.31. The Labute approximate surface area is 99.8 Å². The maximum atomic E-state index is 11.7. The summed E-state index contributed by atoms with van der Waals surface area (Å²) in [4.78, 5) is 39.2. The first kappa shape index (κ1) is 12.0. The molecule has 0 aliphatic heterocycles. The molecule has 0 aliphatic carbocycles. The fourth-order valence-electron chi connectivity index (χ4n) is 1.80. The van der Waals surface area contributed by atoms with Gasteiger partial charge in [0.05, 0.1) is 6.54 Å². The summed E-state index contributed by atoms with van der Waals surface area (Å²) in [6.45, 7) is 2.11. The van der Waals surface area contributed by atoms with Crippen molar-refractivity contribution in [2.45, 2.75) is 19.9 Å². The molecule has 0 saturated carbocycles. The van der Waals surface area contributed by atoms with Crippen LogP contribution in [0.15, 0.2) is 9.59 Å². The van der Waals surface area contributed by atoms with E-state index in [1.54, 1.807) is 0 Å². The van der Waals surface area contributed by atoms with Crippen molar-refractivity contribution in [1.29, 1.82) is 0 Å². The zero-order chi connectivity index (χ0) is 13.4. The molecular weight excluding hydrogens is 242 g/mol. The molecule has 1 N–H and O–H groups in total. The maximum absolute atomic E-state index is 11.7. The molecule has 96 valence electrons. The number of imidazole rings is 1. The molecule has 0 aromatic carbocycles. The second-order valence-electron chi connectivity index (χ2n) is 3.81. The van der Waals surface area contributed by atoms with E-state index in [9.17, 15) is 19.7 Å². The fraction of sp³-hybridized carbons (Fsp3) is 0.444. The van der Waals surface area contributed by atoms with Gasteiger partial charge in [0.1, 0.15) is 0 Å². The number of rotatable bonds is 3. The number of nitro groups is 1. The van der Waals surface area contributed by atoms with Gasteiger partial charge in [-0.25, -0.2) is 9.36 Å². The monoisotopic (exact) mass is 253 g/mol. The molecule has 2 heterocycles. The van der Waals surface area contributed by atoms with Crippen molar-refractivity contribution in [2.75, 3.05) is 0 Å². The van der Waals surface area contributed by atoms with Crippen molar-refractivity contribution in [2.24, 2.45) is 7.05 Å². The van der Waals surface area contributed by atoms with E-state index in [0.717, 1.165) is 4.57 Å². The van der Waals surface area contributed by atoms with Gasteiger partial charge in [-0.2, -0.15) is 0 Å². The van der Waals surface area contributed by atoms with Crippen LogP contribution < -0.4 is 11.2 Å². The zero-order valence-corrected chi connectivity index (χ0v) is 9.84. The largest absolute Gasteiger partial charge is 0.437 e. The van der Waals surface area contributed by atoms with E-state index in [1.165, 1.54) is 11.6 Å². The van der Waals surface area contributed by atoms with Gasteiger partial charge < -0.3 is 10.1 Å². The van der Waals surface area contributed by atoms with Crippen LogP contribution in [0, 0.1) is 10.1 Å². The Morgan fingerprint density at radius 3 is 2.67 bits per heavy atom. The number of aromatic amines is 1. The molecule has 9 heteroatoms. The number of hydrogen-bond acceptors (Lipinski definition) is 5. The molecule has 9 nitrogen and oxygen atoms in total. The molecule has 0 aliphatic rings. The van der Waals surface area contributed by atoms with E-state index in [2.05, 4.69) is 9.97 Å². The molecule has 0 fully saturated rings. The van der Waals surface area contributed by atoms with E-state index >= 15 is 0 Å². The van der Waals surface area contributed by atoms with Gasteiger partial charge in [0, 0.05) is 7.05 Å². The van der Waals surface area contributed by atoms with Crippen LogP contribution in [0.25, 0.3) is 11.2 Å². The van der Waals surface area contributed by atoms with Gasteiger partial charge in [0.15, 0.2) is 0 Å². The summed E-state index contributed by atoms with van der Waals surface area (Å²) in [7, 11) is 1.40. The van der Waals surface area contributed by atoms with Gasteiger partial charge in [0.25, 0.3) is 11.2 Å². The molecule has 0 bridgehead atoms. The van der Waals surface area contributed by atoms with Crippen molar-refractivity contribution >= 4 is 17.1 Å². The third-order valence-corrected chi connectivity index (χ3v) is 2.60. The van der Waals surface area contributed by atoms with Crippen molar-refractivity contribution in [3.05, 3.63) is 31.0 Å². The van der Waals surface area contributed by atoms with Crippen LogP contribution in [0.3, 0.4) is 0 Å². The van der Waals surface area contributed by atoms with Gasteiger partial charge >= 0.3 is 11.6 Å². The highest BCUT2D eigenvalue weighted by molar-refractivity contribution is 5.72. The van der Waals surface area contributed by atoms with Gasteiger partial charge in [-0.3, -0.25) is 14.3 Å². The van der Waals surface area contributed by atoms with Crippen LogP contribution in [0.1, 0.15) is 13.3 Å². The lowest BCUT2D eigenvalue weighted by atomic mass is 10.4. The van der Waals surface area contributed by atoms with Crippen molar-refractivity contribution in [3.63, 3.8) is 0 Å². The lowest BCUT2D eigenvalue weighted by molar-refractivity contribution is -0.396. The third kappa shape index (κ3) is 1.60. The average Bonchev–Trinajstić information content (AvgIpc) is 2.67. The molecule has 2 rings (SSSR count). The first-order chi connectivity index (χ1) is 8.47. The lowest BCUT2D eigenvalue weighted by Gasteiger charge is -1.99. The van der Waals surface area contributed by atoms with Gasteiger partial charge in [-0.15, -0.1) is 0 Å². The topological polar surface area (TPSA) is 116 Å². The van der Waals surface area contributed by atoms with Gasteiger partial charge in [-0.1, -0.05) is 6.92 Å². The van der Waals surface area contributed by atoms with E-state index in [1.807, 2.05) is 6.92 Å². The quantitative estimate of drug-likeness (QED) is 0.597. The summed E-state index contributed by atoms with van der Waals surface area (Å²) < 4.78 is 2.30. The Morgan fingerprint density at radius 1 is 1.44 bits per heavy atom. The number of fused-ring (bicyclic) bond motifs is 1. The highest BCUT2D eigenvalue weighted by atomic mass is 16.6. The van der Waals surface area contributed by atoms with Crippen LogP contribution in [0.4, 0.5) is 5.95 Å². The van der Waals surface area contributed by atoms with Crippen LogP contribution >= 0.6 is 0 Å². The lowest BCUT2D eigenvalue weighted by Crippen LogP contribution is -2.29. The van der Waals surface area contributed by atoms with Gasteiger partial charge in [-0.05, 0) is 16.3 Å². The third-order valence-electron chi connectivity index (χ3n) is 2.60. The average molecular weight is 253 g/mol. The molecule has 0 amide bonds. The molecule has 0 radical (unpaired) electrons. The summed E-state index contributed by atoms with van der Waals surface area (Å²) in [6, 6.07) is 0. The van der Waals surface area contributed by atoms with E-state index < -0.39 is 22.1 Å². The van der Waals surface area contributed by atoms with Crippen molar-refractivity contribution in [1.82, 2.24) is 19.1 Å². The Bertz CT molecular complexity index is 738. The normalized spacial score (nSPS) is 11.0. The molecule has 18 heavy (non-hydrogen) atoms. The van der Waals surface area contributed by atoms with E-state index in [4.69, 9.17) is 0 Å². The molecule has 2 aromatic heterocycles. The molecule has 0 unspecified atom stereocenters. The standard InChI is InChI=1S/C9H11N5O4/c1-3-4-13-5-6(10-8(13)14(17)18)12(2)9(16)11-7(5)15/h3-4H2,1-2H3,(H,11,15,16). The minimum atomic E-state index is -0.667. The number of H-pyrrole nitrogens is 1. The Morgan fingerprint density at radius 2 is 2.11 bits per heavy atom. The van der Waals surface area contributed by atoms with Crippen molar-refractivity contribution in [3.8, 4) is 0 Å². The SMILES string of the molecule is CCCn1c([N+](=O)[O-])nc2c1c(=O)[nH]c(=O)n2C. The number of nitrogens with zero attached hydrogens (tertiary/aromatic N) is 4. The van der Waals surface area contributed by atoms with Crippen LogP contribution in [-0.4, -0.2) is 24.0 Å². The second kappa shape index (κ2) is 4.09. The molecule has 0 atom stereocenters. The first-order valence-electron chi connectivity index (χ1n) is 5.31. The van der Waals surface area contributed by atoms with E-state index in [0.29, 0.717) is 6.42 Å². The minimum absolute atomic E-state index is 0.0175. The number of aryl methyl sites for hydroxylation is 2. The summed E-state index contributed by atoms with van der Waals surface area (Å²) in [5, 5.41) is 10.9. The minimum Gasteiger partial charge on any atom is -0.390 e. The number of nitrogens with one attached hydrogen (secondary N) is 1. The van der Waals surface area contributed by atoms with Gasteiger partial charge in [0.2, 0.25) is 5.52 Å². The molecule has 0 spiro atoms. The second-order valence-corrected chi connectivity index (χ2v) is 3.81. The Hall–Kier alpha value is -2.45. The van der Waals surface area contributed by atoms with Crippen LogP contribution in [0.5, 0.6) is 0 Å². The molecule has 0 saturated heterocycles. The summed E-state index contributed by atoms with van der Waals surface area (Å²) in [6.07, 6.45) is 0.606.